The summed E-state index contributed by atoms with van der Waals surface area (Å²) in [5, 5.41) is 35.7. The smallest absolute Gasteiger partial charge is 0.326 e. The number of amides is 3. The highest BCUT2D eigenvalue weighted by Gasteiger charge is 2.31. The molecule has 37 heavy (non-hydrogen) atoms. The van der Waals surface area contributed by atoms with E-state index < -0.39 is 60.4 Å². The number of rotatable bonds is 15. The summed E-state index contributed by atoms with van der Waals surface area (Å²) >= 11 is 0. The van der Waals surface area contributed by atoms with Crippen molar-refractivity contribution in [3.8, 4) is 5.75 Å². The average molecular weight is 524 g/mol. The lowest BCUT2D eigenvalue weighted by Crippen LogP contribution is -2.59. The van der Waals surface area contributed by atoms with Crippen molar-refractivity contribution in [1.29, 1.82) is 0 Å². The molecule has 1 aromatic rings. The lowest BCUT2D eigenvalue weighted by molar-refractivity contribution is -0.142. The van der Waals surface area contributed by atoms with Crippen LogP contribution in [0, 0.1) is 5.92 Å². The number of aliphatic carboxylic acids is 1. The molecule has 4 atom stereocenters. The van der Waals surface area contributed by atoms with Crippen molar-refractivity contribution in [2.24, 2.45) is 28.1 Å². The Morgan fingerprint density at radius 2 is 1.54 bits per heavy atom. The molecule has 0 aromatic heterocycles. The van der Waals surface area contributed by atoms with Gasteiger partial charge in [0.05, 0.1) is 6.61 Å². The van der Waals surface area contributed by atoms with Gasteiger partial charge < -0.3 is 48.5 Å². The summed E-state index contributed by atoms with van der Waals surface area (Å²) in [5.74, 6) is -4.04. The Labute approximate surface area is 214 Å². The van der Waals surface area contributed by atoms with Crippen LogP contribution in [0.5, 0.6) is 5.75 Å². The molecular weight excluding hydrogens is 486 g/mol. The lowest BCUT2D eigenvalue weighted by atomic mass is 10.00. The van der Waals surface area contributed by atoms with Gasteiger partial charge >= 0.3 is 5.97 Å². The number of carboxylic acids is 1. The number of carboxylic acid groups (broad SMARTS) is 1. The monoisotopic (exact) mass is 523 g/mol. The Bertz CT molecular complexity index is 949. The van der Waals surface area contributed by atoms with Crippen LogP contribution in [0.3, 0.4) is 0 Å². The highest BCUT2D eigenvalue weighted by molar-refractivity contribution is 5.94. The minimum Gasteiger partial charge on any atom is -0.508 e. The summed E-state index contributed by atoms with van der Waals surface area (Å²) in [6, 6.07) is 1.09. The molecule has 0 aliphatic rings. The Balaban J connectivity index is 3.09. The predicted octanol–water partition coefficient (Wildman–Crippen LogP) is -2.50. The summed E-state index contributed by atoms with van der Waals surface area (Å²) in [6.45, 7) is 2.88. The van der Waals surface area contributed by atoms with Crippen LogP contribution in [-0.2, 0) is 25.6 Å². The number of hydrogen-bond acceptors (Lipinski definition) is 8. The number of guanidine groups is 1. The summed E-state index contributed by atoms with van der Waals surface area (Å²) in [6.07, 6.45) is 0.269. The second-order valence-electron chi connectivity index (χ2n) is 8.80. The van der Waals surface area contributed by atoms with E-state index in [4.69, 9.17) is 22.3 Å². The van der Waals surface area contributed by atoms with Gasteiger partial charge in [0.2, 0.25) is 17.7 Å². The fraction of sp³-hybridized carbons (Fsp3) is 0.522. The number of nitrogens with zero attached hydrogens (tertiary/aromatic N) is 1. The predicted molar refractivity (Wildman–Crippen MR) is 135 cm³/mol. The van der Waals surface area contributed by atoms with Crippen LogP contribution in [0.25, 0.3) is 0 Å². The van der Waals surface area contributed by atoms with E-state index in [1.54, 1.807) is 26.0 Å². The number of nitrogens with one attached hydrogen (secondary N) is 3. The molecule has 4 unspecified atom stereocenters. The lowest BCUT2D eigenvalue weighted by Gasteiger charge is -2.27. The van der Waals surface area contributed by atoms with Crippen molar-refractivity contribution in [1.82, 2.24) is 16.0 Å². The average Bonchev–Trinajstić information content (AvgIpc) is 2.83. The van der Waals surface area contributed by atoms with E-state index in [0.717, 1.165) is 0 Å². The number of aliphatic hydroxyl groups is 1. The Hall–Kier alpha value is -3.91. The zero-order chi connectivity index (χ0) is 28.1. The molecule has 0 heterocycles. The molecule has 0 bridgehead atoms. The van der Waals surface area contributed by atoms with Crippen molar-refractivity contribution in [3.63, 3.8) is 0 Å². The van der Waals surface area contributed by atoms with Gasteiger partial charge in [-0.1, -0.05) is 26.0 Å². The van der Waals surface area contributed by atoms with Crippen LogP contribution in [0.1, 0.15) is 32.3 Å². The second-order valence-corrected chi connectivity index (χ2v) is 8.80. The molecule has 206 valence electrons. The molecule has 12 N–H and O–H groups in total. The van der Waals surface area contributed by atoms with Gasteiger partial charge in [-0.05, 0) is 36.5 Å². The van der Waals surface area contributed by atoms with Gasteiger partial charge in [0.15, 0.2) is 5.96 Å². The topological polar surface area (TPSA) is 255 Å². The first kappa shape index (κ1) is 31.1. The summed E-state index contributed by atoms with van der Waals surface area (Å²) < 4.78 is 0. The Morgan fingerprint density at radius 3 is 2.05 bits per heavy atom. The number of carbonyl (C=O) groups excluding carboxylic acids is 3. The molecule has 0 fully saturated rings. The van der Waals surface area contributed by atoms with Crippen LogP contribution in [0.2, 0.25) is 0 Å². The number of carbonyl (C=O) groups is 4. The van der Waals surface area contributed by atoms with Gasteiger partial charge in [0, 0.05) is 13.0 Å². The zero-order valence-electron chi connectivity index (χ0n) is 20.9. The molecule has 1 aromatic carbocycles. The highest BCUT2D eigenvalue weighted by atomic mass is 16.4. The number of nitrogens with two attached hydrogens (primary N) is 3. The number of phenolic OH excluding ortho intramolecular Hbond substituents is 1. The van der Waals surface area contributed by atoms with Crippen LogP contribution in [-0.4, -0.2) is 82.3 Å². The maximum absolute atomic E-state index is 13.1. The Morgan fingerprint density at radius 1 is 0.946 bits per heavy atom. The maximum atomic E-state index is 13.1. The van der Waals surface area contributed by atoms with Gasteiger partial charge in [-0.2, -0.15) is 0 Å². The molecule has 0 aliphatic heterocycles. The molecule has 14 heteroatoms. The first-order valence-electron chi connectivity index (χ1n) is 11.7. The maximum Gasteiger partial charge on any atom is 0.326 e. The van der Waals surface area contributed by atoms with Crippen molar-refractivity contribution in [3.05, 3.63) is 29.8 Å². The third-order valence-corrected chi connectivity index (χ3v) is 5.35. The van der Waals surface area contributed by atoms with E-state index in [-0.39, 0.29) is 37.5 Å². The third-order valence-electron chi connectivity index (χ3n) is 5.35. The van der Waals surface area contributed by atoms with Crippen molar-refractivity contribution < 1.29 is 34.5 Å². The minimum absolute atomic E-state index is 0.00306. The standard InChI is InChI=1S/C23H37N7O7/c1-12(2)18(30-19(33)15(24)11-31)21(35)29-17(10-13-5-7-14(32)8-6-13)20(34)28-16(22(36)37)4-3-9-27-23(25)26/h5-8,12,15-18,31-32H,3-4,9-11,24H2,1-2H3,(H,28,34)(H,29,35)(H,30,33)(H,36,37)(H4,25,26,27). The van der Waals surface area contributed by atoms with E-state index in [9.17, 15) is 29.4 Å². The summed E-state index contributed by atoms with van der Waals surface area (Å²) in [4.78, 5) is 53.9. The fourth-order valence-corrected chi connectivity index (χ4v) is 3.25. The fourth-order valence-electron chi connectivity index (χ4n) is 3.25. The normalized spacial score (nSPS) is 14.1. The highest BCUT2D eigenvalue weighted by Crippen LogP contribution is 2.13. The van der Waals surface area contributed by atoms with Crippen molar-refractivity contribution in [2.75, 3.05) is 13.2 Å². The van der Waals surface area contributed by atoms with Gasteiger partial charge in [0.25, 0.3) is 0 Å². The molecule has 1 rings (SSSR count). The van der Waals surface area contributed by atoms with E-state index in [0.29, 0.717) is 5.56 Å². The molecule has 14 nitrogen and oxygen atoms in total. The number of hydrogen-bond donors (Lipinski definition) is 9. The largest absolute Gasteiger partial charge is 0.508 e. The van der Waals surface area contributed by atoms with Crippen LogP contribution < -0.4 is 33.2 Å². The first-order valence-corrected chi connectivity index (χ1v) is 11.7. The van der Waals surface area contributed by atoms with E-state index in [1.165, 1.54) is 12.1 Å². The van der Waals surface area contributed by atoms with Crippen LogP contribution in [0.15, 0.2) is 29.3 Å². The summed E-state index contributed by atoms with van der Waals surface area (Å²) in [5.41, 5.74) is 16.6. The zero-order valence-corrected chi connectivity index (χ0v) is 20.9. The molecule has 0 saturated heterocycles. The van der Waals surface area contributed by atoms with E-state index >= 15 is 0 Å². The number of phenols is 1. The quantitative estimate of drug-likeness (QED) is 0.0663. The van der Waals surface area contributed by atoms with E-state index in [2.05, 4.69) is 20.9 Å². The molecular formula is C23H37N7O7. The molecule has 0 radical (unpaired) electrons. The number of benzene rings is 1. The molecule has 0 aliphatic carbocycles. The van der Waals surface area contributed by atoms with Gasteiger partial charge in [0.1, 0.15) is 29.9 Å². The third kappa shape index (κ3) is 11.1. The van der Waals surface area contributed by atoms with Crippen molar-refractivity contribution in [2.45, 2.75) is 57.3 Å². The van der Waals surface area contributed by atoms with Crippen LogP contribution in [0.4, 0.5) is 0 Å². The SMILES string of the molecule is CC(C)C(NC(=O)C(N)CO)C(=O)NC(Cc1ccc(O)cc1)C(=O)NC(CCCN=C(N)N)C(=O)O. The van der Waals surface area contributed by atoms with Gasteiger partial charge in [-0.15, -0.1) is 0 Å². The Kier molecular flexibility index (Phi) is 12.8. The minimum atomic E-state index is -1.28. The number of aliphatic hydroxyl groups excluding tert-OH is 1. The van der Waals surface area contributed by atoms with Crippen LogP contribution >= 0.6 is 0 Å². The molecule has 0 spiro atoms. The molecule has 3 amide bonds. The second kappa shape index (κ2) is 15.3. The van der Waals surface area contributed by atoms with Crippen molar-refractivity contribution >= 4 is 29.7 Å². The number of aromatic hydroxyl groups is 1. The summed E-state index contributed by atoms with van der Waals surface area (Å²) in [7, 11) is 0. The van der Waals surface area contributed by atoms with Gasteiger partial charge in [-0.25, -0.2) is 4.79 Å². The first-order chi connectivity index (χ1) is 17.3. The number of aliphatic imine (C=N–C) groups is 1. The van der Waals surface area contributed by atoms with E-state index in [1.807, 2.05) is 0 Å². The molecule has 0 saturated carbocycles. The van der Waals surface area contributed by atoms with Gasteiger partial charge in [-0.3, -0.25) is 19.4 Å².